The molecule has 0 aromatic rings. The van der Waals surface area contributed by atoms with E-state index in [4.69, 9.17) is 4.74 Å². The second-order valence-corrected chi connectivity index (χ2v) is 6.27. The fourth-order valence-electron chi connectivity index (χ4n) is 1.59. The van der Waals surface area contributed by atoms with Crippen molar-refractivity contribution in [2.75, 3.05) is 26.0 Å². The molecule has 1 N–H and O–H groups in total. The van der Waals surface area contributed by atoms with Gasteiger partial charge in [-0.05, 0) is 39.4 Å². The molecule has 0 saturated carbocycles. The number of hydrogen-bond acceptors (Lipinski definition) is 3. The summed E-state index contributed by atoms with van der Waals surface area (Å²) in [6, 6.07) is 0.587. The highest BCUT2D eigenvalue weighted by molar-refractivity contribution is 7.99. The lowest BCUT2D eigenvalue weighted by Crippen LogP contribution is -2.41. The third-order valence-electron chi connectivity index (χ3n) is 3.07. The van der Waals surface area contributed by atoms with E-state index >= 15 is 0 Å². The summed E-state index contributed by atoms with van der Waals surface area (Å²) in [6.07, 6.45) is 3.39. The third-order valence-corrected chi connectivity index (χ3v) is 4.32. The van der Waals surface area contributed by atoms with E-state index < -0.39 is 0 Å². The molecule has 1 heterocycles. The molecule has 2 atom stereocenters. The highest BCUT2D eigenvalue weighted by Crippen LogP contribution is 2.21. The van der Waals surface area contributed by atoms with Gasteiger partial charge in [-0.25, -0.2) is 0 Å². The third kappa shape index (κ3) is 3.79. The minimum atomic E-state index is 0.341. The molecule has 0 aromatic carbocycles. The predicted octanol–water partition coefficient (Wildman–Crippen LogP) is 2.14. The van der Waals surface area contributed by atoms with Crippen molar-refractivity contribution in [3.8, 4) is 0 Å². The molecule has 1 aliphatic heterocycles. The number of hydrogen-bond donors (Lipinski definition) is 1. The first-order valence-electron chi connectivity index (χ1n) is 5.41. The van der Waals surface area contributed by atoms with Crippen molar-refractivity contribution in [2.24, 2.45) is 5.92 Å². The maximum absolute atomic E-state index is 5.39. The first-order chi connectivity index (χ1) is 6.55. The van der Waals surface area contributed by atoms with Gasteiger partial charge in [0, 0.05) is 23.9 Å². The predicted molar refractivity (Wildman–Crippen MR) is 64.0 cm³/mol. The van der Waals surface area contributed by atoms with Crippen molar-refractivity contribution in [2.45, 2.75) is 38.0 Å². The SMILES string of the molecule is CSC(C)(C)CNC(C)C1CCOC1. The average molecular weight is 217 g/mol. The van der Waals surface area contributed by atoms with Crippen LogP contribution in [0.4, 0.5) is 0 Å². The van der Waals surface area contributed by atoms with Gasteiger partial charge in [-0.2, -0.15) is 11.8 Å². The van der Waals surface area contributed by atoms with Crippen LogP contribution in [0.1, 0.15) is 27.2 Å². The molecule has 0 spiro atoms. The van der Waals surface area contributed by atoms with E-state index in [0.717, 1.165) is 19.8 Å². The molecule has 0 aromatic heterocycles. The maximum Gasteiger partial charge on any atom is 0.0509 e. The van der Waals surface area contributed by atoms with Gasteiger partial charge in [-0.15, -0.1) is 0 Å². The summed E-state index contributed by atoms with van der Waals surface area (Å²) in [6.45, 7) is 9.79. The van der Waals surface area contributed by atoms with Gasteiger partial charge in [0.2, 0.25) is 0 Å². The fourth-order valence-corrected chi connectivity index (χ4v) is 1.82. The van der Waals surface area contributed by atoms with Gasteiger partial charge < -0.3 is 10.1 Å². The maximum atomic E-state index is 5.39. The van der Waals surface area contributed by atoms with Gasteiger partial charge in [0.1, 0.15) is 0 Å². The van der Waals surface area contributed by atoms with Crippen LogP contribution in [0.15, 0.2) is 0 Å². The normalized spacial score (nSPS) is 25.3. The van der Waals surface area contributed by atoms with E-state index in [1.807, 2.05) is 11.8 Å². The van der Waals surface area contributed by atoms with E-state index in [1.165, 1.54) is 6.42 Å². The van der Waals surface area contributed by atoms with Crippen LogP contribution in [0.5, 0.6) is 0 Å². The molecule has 1 rings (SSSR count). The zero-order valence-corrected chi connectivity index (χ0v) is 10.6. The van der Waals surface area contributed by atoms with Crippen molar-refractivity contribution in [1.82, 2.24) is 5.32 Å². The van der Waals surface area contributed by atoms with Crippen molar-refractivity contribution >= 4 is 11.8 Å². The molecule has 14 heavy (non-hydrogen) atoms. The number of ether oxygens (including phenoxy) is 1. The minimum Gasteiger partial charge on any atom is -0.381 e. The molecule has 0 amide bonds. The average Bonchev–Trinajstić information content (AvgIpc) is 2.67. The lowest BCUT2D eigenvalue weighted by atomic mass is 10.0. The van der Waals surface area contributed by atoms with E-state index in [2.05, 4.69) is 32.3 Å². The van der Waals surface area contributed by atoms with Crippen LogP contribution >= 0.6 is 11.8 Å². The Balaban J connectivity index is 2.23. The summed E-state index contributed by atoms with van der Waals surface area (Å²) in [7, 11) is 0. The summed E-state index contributed by atoms with van der Waals surface area (Å²) < 4.78 is 5.73. The van der Waals surface area contributed by atoms with Crippen molar-refractivity contribution in [1.29, 1.82) is 0 Å². The van der Waals surface area contributed by atoms with E-state index in [-0.39, 0.29) is 0 Å². The van der Waals surface area contributed by atoms with Gasteiger partial charge in [0.15, 0.2) is 0 Å². The van der Waals surface area contributed by atoms with Gasteiger partial charge in [-0.3, -0.25) is 0 Å². The van der Waals surface area contributed by atoms with E-state index in [1.54, 1.807) is 0 Å². The Morgan fingerprint density at radius 3 is 2.79 bits per heavy atom. The molecule has 2 nitrogen and oxygen atoms in total. The van der Waals surface area contributed by atoms with Gasteiger partial charge >= 0.3 is 0 Å². The van der Waals surface area contributed by atoms with Gasteiger partial charge in [0.25, 0.3) is 0 Å². The summed E-state index contributed by atoms with van der Waals surface area (Å²) >= 11 is 1.92. The van der Waals surface area contributed by atoms with Crippen LogP contribution in [-0.2, 0) is 4.74 Å². The number of nitrogens with one attached hydrogen (secondary N) is 1. The molecule has 2 unspecified atom stereocenters. The summed E-state index contributed by atoms with van der Waals surface area (Å²) in [5.74, 6) is 0.715. The first kappa shape index (κ1) is 12.3. The Morgan fingerprint density at radius 1 is 1.57 bits per heavy atom. The van der Waals surface area contributed by atoms with Crippen molar-refractivity contribution in [3.63, 3.8) is 0 Å². The molecule has 0 radical (unpaired) electrons. The molecule has 0 bridgehead atoms. The zero-order chi connectivity index (χ0) is 10.6. The molecular formula is C11H23NOS. The Morgan fingerprint density at radius 2 is 2.29 bits per heavy atom. The standard InChI is InChI=1S/C11H23NOS/c1-9(10-5-6-13-7-10)12-8-11(2,3)14-4/h9-10,12H,5-8H2,1-4H3. The highest BCUT2D eigenvalue weighted by atomic mass is 32.2. The number of thioether (sulfide) groups is 1. The van der Waals surface area contributed by atoms with Crippen LogP contribution < -0.4 is 5.32 Å². The van der Waals surface area contributed by atoms with Gasteiger partial charge in [0.05, 0.1) is 6.61 Å². The van der Waals surface area contributed by atoms with Crippen LogP contribution in [-0.4, -0.2) is 36.8 Å². The Labute approximate surface area is 92.2 Å². The Hall–Kier alpha value is 0.270. The van der Waals surface area contributed by atoms with Gasteiger partial charge in [-0.1, -0.05) is 0 Å². The largest absolute Gasteiger partial charge is 0.381 e. The molecular weight excluding hydrogens is 194 g/mol. The number of rotatable bonds is 5. The molecule has 84 valence electrons. The zero-order valence-electron chi connectivity index (χ0n) is 9.80. The van der Waals surface area contributed by atoms with Crippen molar-refractivity contribution in [3.05, 3.63) is 0 Å². The fraction of sp³-hybridized carbons (Fsp3) is 1.00. The van der Waals surface area contributed by atoms with Crippen LogP contribution in [0, 0.1) is 5.92 Å². The lowest BCUT2D eigenvalue weighted by molar-refractivity contribution is 0.178. The van der Waals surface area contributed by atoms with Crippen LogP contribution in [0.25, 0.3) is 0 Å². The summed E-state index contributed by atoms with van der Waals surface area (Å²) in [4.78, 5) is 0. The van der Waals surface area contributed by atoms with E-state index in [9.17, 15) is 0 Å². The summed E-state index contributed by atoms with van der Waals surface area (Å²) in [5, 5.41) is 3.61. The topological polar surface area (TPSA) is 21.3 Å². The van der Waals surface area contributed by atoms with Crippen molar-refractivity contribution < 1.29 is 4.74 Å². The monoisotopic (exact) mass is 217 g/mol. The minimum absolute atomic E-state index is 0.341. The highest BCUT2D eigenvalue weighted by Gasteiger charge is 2.24. The molecule has 1 saturated heterocycles. The van der Waals surface area contributed by atoms with Crippen LogP contribution in [0.3, 0.4) is 0 Å². The Bertz CT molecular complexity index is 167. The molecule has 1 aliphatic rings. The summed E-state index contributed by atoms with van der Waals surface area (Å²) in [5.41, 5.74) is 0. The molecule has 3 heteroatoms. The smallest absolute Gasteiger partial charge is 0.0509 e. The molecule has 1 fully saturated rings. The van der Waals surface area contributed by atoms with Crippen LogP contribution in [0.2, 0.25) is 0 Å². The second-order valence-electron chi connectivity index (χ2n) is 4.76. The lowest BCUT2D eigenvalue weighted by Gasteiger charge is -2.27. The van der Waals surface area contributed by atoms with E-state index in [0.29, 0.717) is 16.7 Å². The quantitative estimate of drug-likeness (QED) is 0.762. The molecule has 0 aliphatic carbocycles. The first-order valence-corrected chi connectivity index (χ1v) is 6.64. The Kier molecular flexibility index (Phi) is 4.74. The second kappa shape index (κ2) is 5.38.